The van der Waals surface area contributed by atoms with Crippen LogP contribution in [-0.4, -0.2) is 62.1 Å². The van der Waals surface area contributed by atoms with Crippen molar-refractivity contribution in [3.63, 3.8) is 0 Å². The molecule has 0 spiro atoms. The van der Waals surface area contributed by atoms with E-state index in [0.29, 0.717) is 49.2 Å². The molecule has 7 nitrogen and oxygen atoms in total. The van der Waals surface area contributed by atoms with E-state index in [4.69, 9.17) is 0 Å². The first kappa shape index (κ1) is 20.8. The number of piperazine rings is 1. The van der Waals surface area contributed by atoms with Crippen LogP contribution in [0, 0.1) is 0 Å². The van der Waals surface area contributed by atoms with Gasteiger partial charge in [0, 0.05) is 43.4 Å². The molecule has 1 amide bonds. The number of pyridine rings is 1. The summed E-state index contributed by atoms with van der Waals surface area (Å²) >= 11 is 3.34. The molecule has 0 bridgehead atoms. The van der Waals surface area contributed by atoms with Crippen LogP contribution in [-0.2, 0) is 10.0 Å². The van der Waals surface area contributed by atoms with Crippen molar-refractivity contribution in [2.75, 3.05) is 43.4 Å². The number of rotatable bonds is 7. The van der Waals surface area contributed by atoms with Gasteiger partial charge in [-0.25, -0.2) is 13.4 Å². The second-order valence-corrected chi connectivity index (χ2v) is 9.42. The molecule has 0 unspecified atom stereocenters. The van der Waals surface area contributed by atoms with E-state index in [2.05, 4.69) is 31.1 Å². The number of halogens is 1. The summed E-state index contributed by atoms with van der Waals surface area (Å²) < 4.78 is 27.4. The Labute approximate surface area is 173 Å². The number of carbonyl (C=O) groups is 1. The molecule has 0 atom stereocenters. The van der Waals surface area contributed by atoms with Gasteiger partial charge in [0.2, 0.25) is 10.0 Å². The van der Waals surface area contributed by atoms with Crippen molar-refractivity contribution in [2.45, 2.75) is 6.42 Å². The molecule has 0 aliphatic carbocycles. The number of amides is 1. The highest BCUT2D eigenvalue weighted by Gasteiger charge is 2.27. The number of benzene rings is 1. The first-order valence-corrected chi connectivity index (χ1v) is 11.5. The van der Waals surface area contributed by atoms with Crippen molar-refractivity contribution in [1.82, 2.24) is 14.6 Å². The predicted octanol–water partition coefficient (Wildman–Crippen LogP) is 2.12. The number of hydrogen-bond acceptors (Lipinski definition) is 5. The van der Waals surface area contributed by atoms with Gasteiger partial charge in [-0.1, -0.05) is 18.2 Å². The third-order valence-electron chi connectivity index (χ3n) is 4.59. The molecule has 0 radical (unpaired) electrons. The van der Waals surface area contributed by atoms with Gasteiger partial charge < -0.3 is 10.2 Å². The first-order chi connectivity index (χ1) is 13.5. The lowest BCUT2D eigenvalue weighted by Gasteiger charge is -2.34. The summed E-state index contributed by atoms with van der Waals surface area (Å²) in [7, 11) is -3.33. The van der Waals surface area contributed by atoms with E-state index < -0.39 is 10.0 Å². The summed E-state index contributed by atoms with van der Waals surface area (Å²) in [6, 6.07) is 12.8. The molecule has 1 fully saturated rings. The lowest BCUT2D eigenvalue weighted by molar-refractivity contribution is 0.0953. The topological polar surface area (TPSA) is 82.6 Å². The number of nitrogens with zero attached hydrogens (tertiary/aromatic N) is 3. The van der Waals surface area contributed by atoms with Crippen molar-refractivity contribution < 1.29 is 13.2 Å². The molecule has 28 heavy (non-hydrogen) atoms. The Hall–Kier alpha value is -1.97. The second-order valence-electron chi connectivity index (χ2n) is 6.48. The number of hydrogen-bond donors (Lipinski definition) is 1. The fraction of sp³-hybridized carbons (Fsp3) is 0.368. The van der Waals surface area contributed by atoms with Gasteiger partial charge in [-0.3, -0.25) is 4.79 Å². The quantitative estimate of drug-likeness (QED) is 0.631. The summed E-state index contributed by atoms with van der Waals surface area (Å²) in [6.07, 6.45) is 2.11. The zero-order chi connectivity index (χ0) is 20.0. The fourth-order valence-corrected chi connectivity index (χ4v) is 5.01. The summed E-state index contributed by atoms with van der Waals surface area (Å²) in [6.45, 7) is 2.45. The summed E-state index contributed by atoms with van der Waals surface area (Å²) in [5, 5.41) is 2.78. The molecular weight excluding hydrogens is 444 g/mol. The normalized spacial score (nSPS) is 15.4. The summed E-state index contributed by atoms with van der Waals surface area (Å²) in [5.74, 6) is 0.676. The number of aromatic nitrogens is 1. The first-order valence-electron chi connectivity index (χ1n) is 9.14. The van der Waals surface area contributed by atoms with Crippen LogP contribution in [0.25, 0.3) is 0 Å². The predicted molar refractivity (Wildman–Crippen MR) is 113 cm³/mol. The summed E-state index contributed by atoms with van der Waals surface area (Å²) in [5.41, 5.74) is 0.538. The minimum atomic E-state index is -3.33. The van der Waals surface area contributed by atoms with Crippen molar-refractivity contribution in [3.05, 3.63) is 58.7 Å². The van der Waals surface area contributed by atoms with Crippen LogP contribution in [0.4, 0.5) is 5.82 Å². The van der Waals surface area contributed by atoms with Crippen LogP contribution in [0.5, 0.6) is 0 Å². The number of sulfonamides is 1. The van der Waals surface area contributed by atoms with Crippen LogP contribution < -0.4 is 10.2 Å². The van der Waals surface area contributed by atoms with Gasteiger partial charge in [-0.05, 0) is 46.6 Å². The highest BCUT2D eigenvalue weighted by atomic mass is 79.9. The Morgan fingerprint density at radius 3 is 2.46 bits per heavy atom. The average molecular weight is 467 g/mol. The average Bonchev–Trinajstić information content (AvgIpc) is 2.72. The molecule has 9 heteroatoms. The second kappa shape index (κ2) is 9.49. The standard InChI is InChI=1S/C19H23BrN4O3S/c20-17-7-2-1-6-16(17)19(25)22-10-5-15-28(26,27)24-13-11-23(12-14-24)18-8-3-4-9-21-18/h1-4,6-9H,5,10-15H2,(H,22,25). The van der Waals surface area contributed by atoms with E-state index in [-0.39, 0.29) is 11.7 Å². The molecule has 1 aliphatic rings. The van der Waals surface area contributed by atoms with Crippen LogP contribution in [0.2, 0.25) is 0 Å². The van der Waals surface area contributed by atoms with Crippen LogP contribution in [0.15, 0.2) is 53.1 Å². The molecule has 1 saturated heterocycles. The zero-order valence-corrected chi connectivity index (χ0v) is 17.8. The Morgan fingerprint density at radius 1 is 1.07 bits per heavy atom. The van der Waals surface area contributed by atoms with Gasteiger partial charge in [-0.2, -0.15) is 4.31 Å². The Morgan fingerprint density at radius 2 is 1.79 bits per heavy atom. The Bertz CT molecular complexity index is 900. The maximum atomic E-state index is 12.6. The van der Waals surface area contributed by atoms with Gasteiger partial charge in [0.05, 0.1) is 11.3 Å². The van der Waals surface area contributed by atoms with Crippen molar-refractivity contribution in [2.24, 2.45) is 0 Å². The van der Waals surface area contributed by atoms with Gasteiger partial charge in [-0.15, -0.1) is 0 Å². The minimum Gasteiger partial charge on any atom is -0.354 e. The van der Waals surface area contributed by atoms with Crippen molar-refractivity contribution in [3.8, 4) is 0 Å². The van der Waals surface area contributed by atoms with Crippen LogP contribution in [0.1, 0.15) is 16.8 Å². The number of carbonyl (C=O) groups excluding carboxylic acids is 1. The number of anilines is 1. The molecule has 1 N–H and O–H groups in total. The van der Waals surface area contributed by atoms with Crippen molar-refractivity contribution >= 4 is 37.7 Å². The highest BCUT2D eigenvalue weighted by Crippen LogP contribution is 2.16. The van der Waals surface area contributed by atoms with Crippen LogP contribution in [0.3, 0.4) is 0 Å². The van der Waals surface area contributed by atoms with Crippen LogP contribution >= 0.6 is 15.9 Å². The maximum absolute atomic E-state index is 12.6. The van der Waals surface area contributed by atoms with E-state index >= 15 is 0 Å². The smallest absolute Gasteiger partial charge is 0.252 e. The fourth-order valence-electron chi connectivity index (χ4n) is 3.06. The van der Waals surface area contributed by atoms with Gasteiger partial charge >= 0.3 is 0 Å². The van der Waals surface area contributed by atoms with E-state index in [1.807, 2.05) is 24.3 Å². The third-order valence-corrected chi connectivity index (χ3v) is 7.24. The van der Waals surface area contributed by atoms with E-state index in [1.54, 1.807) is 24.4 Å². The summed E-state index contributed by atoms with van der Waals surface area (Å²) in [4.78, 5) is 18.5. The minimum absolute atomic E-state index is 0.0207. The molecule has 1 aliphatic heterocycles. The highest BCUT2D eigenvalue weighted by molar-refractivity contribution is 9.10. The maximum Gasteiger partial charge on any atom is 0.252 e. The molecule has 0 saturated carbocycles. The molecule has 3 rings (SSSR count). The van der Waals surface area contributed by atoms with Gasteiger partial charge in [0.15, 0.2) is 0 Å². The Kier molecular flexibility index (Phi) is 7.03. The monoisotopic (exact) mass is 466 g/mol. The number of nitrogens with one attached hydrogen (secondary N) is 1. The van der Waals surface area contributed by atoms with E-state index in [1.165, 1.54) is 4.31 Å². The SMILES string of the molecule is O=C(NCCCS(=O)(=O)N1CCN(c2ccccn2)CC1)c1ccccc1Br. The molecule has 1 aromatic carbocycles. The third kappa shape index (κ3) is 5.30. The molecule has 1 aromatic heterocycles. The zero-order valence-electron chi connectivity index (χ0n) is 15.4. The lowest BCUT2D eigenvalue weighted by Crippen LogP contribution is -2.49. The lowest BCUT2D eigenvalue weighted by atomic mass is 10.2. The van der Waals surface area contributed by atoms with E-state index in [0.717, 1.165) is 5.82 Å². The van der Waals surface area contributed by atoms with Gasteiger partial charge in [0.25, 0.3) is 5.91 Å². The molecule has 2 heterocycles. The van der Waals surface area contributed by atoms with Gasteiger partial charge in [0.1, 0.15) is 5.82 Å². The molecular formula is C19H23BrN4O3S. The van der Waals surface area contributed by atoms with Crippen molar-refractivity contribution in [1.29, 1.82) is 0 Å². The Balaban J connectivity index is 1.43. The van der Waals surface area contributed by atoms with E-state index in [9.17, 15) is 13.2 Å². The largest absolute Gasteiger partial charge is 0.354 e. The molecule has 150 valence electrons. The molecule has 2 aromatic rings.